The van der Waals surface area contributed by atoms with Gasteiger partial charge in [0.1, 0.15) is 8.07 Å². The summed E-state index contributed by atoms with van der Waals surface area (Å²) in [5.74, 6) is 3.10. The van der Waals surface area contributed by atoms with Crippen LogP contribution in [0.5, 0.6) is 0 Å². The number of hydrogen-bond acceptors (Lipinski definition) is 2. The zero-order valence-electron chi connectivity index (χ0n) is 10.9. The minimum absolute atomic E-state index is 0.272. The van der Waals surface area contributed by atoms with E-state index in [0.717, 1.165) is 0 Å². The third kappa shape index (κ3) is 3.07. The Morgan fingerprint density at radius 2 is 1.33 bits per heavy atom. The summed E-state index contributed by atoms with van der Waals surface area (Å²) >= 11 is 0. The Morgan fingerprint density at radius 3 is 1.67 bits per heavy atom. The van der Waals surface area contributed by atoms with Crippen molar-refractivity contribution < 1.29 is 9.47 Å². The fraction of sp³-hybridized carbons (Fsp3) is 0.833. The quantitative estimate of drug-likeness (QED) is 0.467. The smallest absolute Gasteiger partial charge is 0.223 e. The van der Waals surface area contributed by atoms with Gasteiger partial charge in [0.05, 0.1) is 11.2 Å². The standard InChI is InChI=1S/C12H22O2Si/c1-11(2)12(3,4)14-10(13-11)8-9-15(5,6)7/h10H,1-7H3. The molecule has 0 aliphatic carbocycles. The van der Waals surface area contributed by atoms with Gasteiger partial charge in [-0.1, -0.05) is 19.6 Å². The highest BCUT2D eigenvalue weighted by atomic mass is 28.3. The summed E-state index contributed by atoms with van der Waals surface area (Å²) in [6.45, 7) is 14.8. The molecule has 3 heteroatoms. The maximum absolute atomic E-state index is 5.79. The summed E-state index contributed by atoms with van der Waals surface area (Å²) in [5, 5.41) is 0. The molecule has 0 bridgehead atoms. The van der Waals surface area contributed by atoms with Gasteiger partial charge in [-0.25, -0.2) is 0 Å². The highest BCUT2D eigenvalue weighted by Crippen LogP contribution is 2.37. The zero-order valence-corrected chi connectivity index (χ0v) is 11.9. The van der Waals surface area contributed by atoms with Crippen LogP contribution in [-0.2, 0) is 9.47 Å². The van der Waals surface area contributed by atoms with Crippen LogP contribution in [0.25, 0.3) is 0 Å². The summed E-state index contributed by atoms with van der Waals surface area (Å²) in [7, 11) is -1.34. The molecule has 15 heavy (non-hydrogen) atoms. The normalized spacial score (nSPS) is 24.7. The van der Waals surface area contributed by atoms with Crippen LogP contribution in [0.3, 0.4) is 0 Å². The van der Waals surface area contributed by atoms with Gasteiger partial charge < -0.3 is 9.47 Å². The van der Waals surface area contributed by atoms with Gasteiger partial charge in [-0.2, -0.15) is 0 Å². The van der Waals surface area contributed by atoms with Crippen molar-refractivity contribution in [3.8, 4) is 11.5 Å². The van der Waals surface area contributed by atoms with Gasteiger partial charge in [-0.05, 0) is 33.6 Å². The first-order valence-corrected chi connectivity index (χ1v) is 8.92. The lowest BCUT2D eigenvalue weighted by molar-refractivity contribution is -0.0433. The van der Waals surface area contributed by atoms with Crippen LogP contribution in [0.1, 0.15) is 27.7 Å². The maximum atomic E-state index is 5.79. The Balaban J connectivity index is 2.75. The second-order valence-corrected chi connectivity index (χ2v) is 10.9. The largest absolute Gasteiger partial charge is 0.333 e. The summed E-state index contributed by atoms with van der Waals surface area (Å²) in [6, 6.07) is 0. The van der Waals surface area contributed by atoms with Gasteiger partial charge in [0, 0.05) is 0 Å². The summed E-state index contributed by atoms with van der Waals surface area (Å²) < 4.78 is 11.6. The molecule has 0 aromatic heterocycles. The van der Waals surface area contributed by atoms with Gasteiger partial charge in [0.15, 0.2) is 0 Å². The third-order valence-electron chi connectivity index (χ3n) is 2.82. The third-order valence-corrected chi connectivity index (χ3v) is 3.71. The Kier molecular flexibility index (Phi) is 3.08. The second kappa shape index (κ2) is 3.62. The molecule has 0 amide bonds. The fourth-order valence-electron chi connectivity index (χ4n) is 1.18. The van der Waals surface area contributed by atoms with E-state index >= 15 is 0 Å². The highest BCUT2D eigenvalue weighted by Gasteiger charge is 2.48. The fourth-order valence-corrected chi connectivity index (χ4v) is 1.73. The molecule has 0 aromatic carbocycles. The molecule has 1 saturated heterocycles. The highest BCUT2D eigenvalue weighted by molar-refractivity contribution is 6.83. The average molecular weight is 226 g/mol. The minimum atomic E-state index is -1.34. The van der Waals surface area contributed by atoms with E-state index in [2.05, 4.69) is 31.1 Å². The van der Waals surface area contributed by atoms with Crippen molar-refractivity contribution in [3.63, 3.8) is 0 Å². The van der Waals surface area contributed by atoms with Crippen LogP contribution < -0.4 is 0 Å². The van der Waals surface area contributed by atoms with Gasteiger partial charge in [-0.15, -0.1) is 5.54 Å². The maximum Gasteiger partial charge on any atom is 0.223 e. The lowest BCUT2D eigenvalue weighted by Crippen LogP contribution is -2.41. The van der Waals surface area contributed by atoms with Crippen LogP contribution in [0.15, 0.2) is 0 Å². The van der Waals surface area contributed by atoms with Gasteiger partial charge in [0.25, 0.3) is 0 Å². The first kappa shape index (κ1) is 12.8. The first-order valence-electron chi connectivity index (χ1n) is 5.42. The Labute approximate surface area is 94.4 Å². The molecule has 0 atom stereocenters. The topological polar surface area (TPSA) is 18.5 Å². The van der Waals surface area contributed by atoms with Crippen molar-refractivity contribution >= 4 is 8.07 Å². The number of rotatable bonds is 0. The van der Waals surface area contributed by atoms with Crippen molar-refractivity contribution in [1.29, 1.82) is 0 Å². The molecule has 2 nitrogen and oxygen atoms in total. The molecule has 0 unspecified atom stereocenters. The lowest BCUT2D eigenvalue weighted by Gasteiger charge is -2.30. The zero-order chi connectivity index (χ0) is 11.9. The lowest BCUT2D eigenvalue weighted by atomic mass is 9.90. The molecular formula is C12H22O2Si. The van der Waals surface area contributed by atoms with Crippen molar-refractivity contribution in [2.24, 2.45) is 0 Å². The summed E-state index contributed by atoms with van der Waals surface area (Å²) in [4.78, 5) is 0. The first-order chi connectivity index (χ1) is 6.54. The van der Waals surface area contributed by atoms with Crippen molar-refractivity contribution in [2.75, 3.05) is 0 Å². The SMILES string of the molecule is CC1(C)OC(C#C[Si](C)(C)C)OC1(C)C. The van der Waals surface area contributed by atoms with Crippen LogP contribution in [0.4, 0.5) is 0 Å². The Bertz CT molecular complexity index is 286. The van der Waals surface area contributed by atoms with Crippen molar-refractivity contribution in [1.82, 2.24) is 0 Å². The molecule has 1 heterocycles. The molecule has 0 spiro atoms. The molecule has 1 fully saturated rings. The summed E-state index contributed by atoms with van der Waals surface area (Å²) in [6.07, 6.45) is -0.360. The van der Waals surface area contributed by atoms with E-state index in [4.69, 9.17) is 9.47 Å². The monoisotopic (exact) mass is 226 g/mol. The Morgan fingerprint density at radius 1 is 0.933 bits per heavy atom. The van der Waals surface area contributed by atoms with E-state index in [1.165, 1.54) is 0 Å². The molecular weight excluding hydrogens is 204 g/mol. The molecule has 0 N–H and O–H groups in total. The van der Waals surface area contributed by atoms with Crippen LogP contribution in [0.2, 0.25) is 19.6 Å². The van der Waals surface area contributed by atoms with E-state index in [1.54, 1.807) is 0 Å². The molecule has 0 saturated carbocycles. The van der Waals surface area contributed by atoms with Crippen LogP contribution in [0, 0.1) is 11.5 Å². The van der Waals surface area contributed by atoms with Gasteiger partial charge in [-0.3, -0.25) is 0 Å². The predicted octanol–water partition coefficient (Wildman–Crippen LogP) is 2.80. The molecule has 0 aromatic rings. The summed E-state index contributed by atoms with van der Waals surface area (Å²) in [5.41, 5.74) is 2.73. The van der Waals surface area contributed by atoms with Crippen molar-refractivity contribution in [3.05, 3.63) is 0 Å². The molecule has 1 rings (SSSR count). The van der Waals surface area contributed by atoms with Gasteiger partial charge in [0.2, 0.25) is 6.29 Å². The van der Waals surface area contributed by atoms with E-state index in [0.29, 0.717) is 0 Å². The number of hydrogen-bond donors (Lipinski definition) is 0. The van der Waals surface area contributed by atoms with Gasteiger partial charge >= 0.3 is 0 Å². The van der Waals surface area contributed by atoms with E-state index < -0.39 is 8.07 Å². The predicted molar refractivity (Wildman–Crippen MR) is 65.2 cm³/mol. The van der Waals surface area contributed by atoms with Crippen LogP contribution >= 0.6 is 0 Å². The second-order valence-electron chi connectivity index (χ2n) is 6.11. The van der Waals surface area contributed by atoms with Crippen LogP contribution in [-0.4, -0.2) is 25.6 Å². The van der Waals surface area contributed by atoms with E-state index in [-0.39, 0.29) is 17.5 Å². The number of ether oxygens (including phenoxy) is 2. The average Bonchev–Trinajstić information content (AvgIpc) is 2.16. The molecule has 86 valence electrons. The molecule has 1 aliphatic rings. The minimum Gasteiger partial charge on any atom is -0.333 e. The van der Waals surface area contributed by atoms with Crippen molar-refractivity contribution in [2.45, 2.75) is 64.8 Å². The molecule has 0 radical (unpaired) electrons. The van der Waals surface area contributed by atoms with E-state index in [9.17, 15) is 0 Å². The van der Waals surface area contributed by atoms with E-state index in [1.807, 2.05) is 27.7 Å². The molecule has 1 aliphatic heterocycles. The Hall–Kier alpha value is -0.303.